The zero-order valence-electron chi connectivity index (χ0n) is 12.3. The molecule has 0 atom stereocenters. The van der Waals surface area contributed by atoms with Crippen LogP contribution in [0.25, 0.3) is 11.3 Å². The number of benzene rings is 1. The van der Waals surface area contributed by atoms with E-state index in [1.165, 1.54) is 0 Å². The summed E-state index contributed by atoms with van der Waals surface area (Å²) in [5.41, 5.74) is 2.91. The van der Waals surface area contributed by atoms with Crippen molar-refractivity contribution in [1.82, 2.24) is 15.0 Å². The lowest BCUT2D eigenvalue weighted by Crippen LogP contribution is -2.02. The van der Waals surface area contributed by atoms with Crippen molar-refractivity contribution in [1.29, 1.82) is 0 Å². The third kappa shape index (κ3) is 2.91. The number of nitrogens with zero attached hydrogens (tertiary/aromatic N) is 3. The third-order valence-corrected chi connectivity index (χ3v) is 3.54. The molecule has 0 spiro atoms. The lowest BCUT2D eigenvalue weighted by atomic mass is 10.2. The maximum absolute atomic E-state index is 5.37. The molecule has 6 nitrogen and oxygen atoms in total. The Labute approximate surface area is 133 Å². The zero-order valence-corrected chi connectivity index (χ0v) is 12.3. The van der Waals surface area contributed by atoms with E-state index in [2.05, 4.69) is 20.3 Å². The summed E-state index contributed by atoms with van der Waals surface area (Å²) in [6.07, 6.45) is 6.95. The molecule has 4 rings (SSSR count). The predicted molar refractivity (Wildman–Crippen MR) is 85.2 cm³/mol. The Morgan fingerprint density at radius 1 is 0.957 bits per heavy atom. The monoisotopic (exact) mass is 306 g/mol. The van der Waals surface area contributed by atoms with Gasteiger partial charge in [0.25, 0.3) is 0 Å². The van der Waals surface area contributed by atoms with E-state index in [9.17, 15) is 0 Å². The molecule has 3 aromatic rings. The minimum Gasteiger partial charge on any atom is -0.454 e. The standard InChI is InChI=1S/C17H14N4O2/c1-2-15-16(23-11-22-15)7-12(1)8-20-17-10-19-14(9-21-17)13-3-5-18-6-4-13/h1-7,9-10H,8,11H2,(H,20,21). The van der Waals surface area contributed by atoms with E-state index in [0.717, 1.165) is 34.1 Å². The average Bonchev–Trinajstić information content (AvgIpc) is 3.09. The number of nitrogens with one attached hydrogen (secondary N) is 1. The van der Waals surface area contributed by atoms with Crippen LogP contribution in [-0.4, -0.2) is 21.7 Å². The van der Waals surface area contributed by atoms with Gasteiger partial charge in [0.05, 0.1) is 18.1 Å². The fraction of sp³-hybridized carbons (Fsp3) is 0.118. The number of rotatable bonds is 4. The minimum atomic E-state index is 0.286. The summed E-state index contributed by atoms with van der Waals surface area (Å²) in [5, 5.41) is 3.25. The SMILES string of the molecule is c1cc(-c2cnc(NCc3ccc4c(c3)OCO4)cn2)ccn1. The Morgan fingerprint density at radius 2 is 1.83 bits per heavy atom. The van der Waals surface area contributed by atoms with E-state index >= 15 is 0 Å². The average molecular weight is 306 g/mol. The number of anilines is 1. The molecule has 23 heavy (non-hydrogen) atoms. The molecular formula is C17H14N4O2. The quantitative estimate of drug-likeness (QED) is 0.799. The molecule has 0 bridgehead atoms. The van der Waals surface area contributed by atoms with E-state index in [0.29, 0.717) is 6.54 Å². The van der Waals surface area contributed by atoms with Gasteiger partial charge in [-0.1, -0.05) is 6.07 Å². The Kier molecular flexibility index (Phi) is 3.48. The molecule has 3 heterocycles. The van der Waals surface area contributed by atoms with Crippen LogP contribution in [0.2, 0.25) is 0 Å². The molecule has 0 unspecified atom stereocenters. The van der Waals surface area contributed by atoms with Crippen LogP contribution >= 0.6 is 0 Å². The molecule has 0 aliphatic carbocycles. The molecule has 6 heteroatoms. The summed E-state index contributed by atoms with van der Waals surface area (Å²) in [5.74, 6) is 2.29. The smallest absolute Gasteiger partial charge is 0.231 e. The van der Waals surface area contributed by atoms with Crippen molar-refractivity contribution in [2.45, 2.75) is 6.54 Å². The summed E-state index contributed by atoms with van der Waals surface area (Å²) < 4.78 is 10.7. The molecule has 1 aliphatic rings. The van der Waals surface area contributed by atoms with Gasteiger partial charge in [0.15, 0.2) is 11.5 Å². The molecule has 0 radical (unpaired) electrons. The van der Waals surface area contributed by atoms with Gasteiger partial charge in [-0.3, -0.25) is 9.97 Å². The highest BCUT2D eigenvalue weighted by Crippen LogP contribution is 2.32. The number of ether oxygens (including phenoxy) is 2. The summed E-state index contributed by atoms with van der Waals surface area (Å²) in [6.45, 7) is 0.925. The van der Waals surface area contributed by atoms with Crippen LogP contribution in [-0.2, 0) is 6.54 Å². The van der Waals surface area contributed by atoms with Crippen molar-refractivity contribution >= 4 is 5.82 Å². The highest BCUT2D eigenvalue weighted by Gasteiger charge is 2.13. The predicted octanol–water partition coefficient (Wildman–Crippen LogP) is 2.88. The molecule has 0 amide bonds. The Bertz CT molecular complexity index is 807. The molecule has 0 fully saturated rings. The molecule has 1 aliphatic heterocycles. The van der Waals surface area contributed by atoms with Gasteiger partial charge in [-0.15, -0.1) is 0 Å². The Hall–Kier alpha value is -3.15. The summed E-state index contributed by atoms with van der Waals surface area (Å²) in [7, 11) is 0. The molecule has 0 saturated carbocycles. The minimum absolute atomic E-state index is 0.286. The Morgan fingerprint density at radius 3 is 2.65 bits per heavy atom. The van der Waals surface area contributed by atoms with E-state index in [1.807, 2.05) is 30.3 Å². The topological polar surface area (TPSA) is 69.2 Å². The van der Waals surface area contributed by atoms with Crippen LogP contribution in [0, 0.1) is 0 Å². The van der Waals surface area contributed by atoms with Crippen molar-refractivity contribution < 1.29 is 9.47 Å². The van der Waals surface area contributed by atoms with Crippen molar-refractivity contribution in [2.24, 2.45) is 0 Å². The highest BCUT2D eigenvalue weighted by atomic mass is 16.7. The molecule has 1 N–H and O–H groups in total. The third-order valence-electron chi connectivity index (χ3n) is 3.54. The second-order valence-corrected chi connectivity index (χ2v) is 5.06. The number of fused-ring (bicyclic) bond motifs is 1. The molecule has 1 aromatic carbocycles. The van der Waals surface area contributed by atoms with Crippen LogP contribution in [0.3, 0.4) is 0 Å². The first-order chi connectivity index (χ1) is 11.4. The van der Waals surface area contributed by atoms with Gasteiger partial charge >= 0.3 is 0 Å². The zero-order chi connectivity index (χ0) is 15.5. The van der Waals surface area contributed by atoms with Crippen LogP contribution in [0.15, 0.2) is 55.1 Å². The van der Waals surface area contributed by atoms with Crippen molar-refractivity contribution in [2.75, 3.05) is 12.1 Å². The van der Waals surface area contributed by atoms with Gasteiger partial charge < -0.3 is 14.8 Å². The number of pyridine rings is 1. The van der Waals surface area contributed by atoms with Gasteiger partial charge in [-0.2, -0.15) is 0 Å². The normalized spacial score (nSPS) is 12.2. The van der Waals surface area contributed by atoms with Crippen LogP contribution in [0.5, 0.6) is 11.5 Å². The van der Waals surface area contributed by atoms with Crippen LogP contribution < -0.4 is 14.8 Å². The largest absolute Gasteiger partial charge is 0.454 e. The second kappa shape index (κ2) is 5.92. The summed E-state index contributed by atoms with van der Waals surface area (Å²) >= 11 is 0. The maximum Gasteiger partial charge on any atom is 0.231 e. The Balaban J connectivity index is 1.43. The number of hydrogen-bond donors (Lipinski definition) is 1. The summed E-state index contributed by atoms with van der Waals surface area (Å²) in [4.78, 5) is 12.8. The fourth-order valence-corrected chi connectivity index (χ4v) is 2.33. The first-order valence-corrected chi connectivity index (χ1v) is 7.23. The first-order valence-electron chi connectivity index (χ1n) is 7.23. The van der Waals surface area contributed by atoms with Crippen LogP contribution in [0.4, 0.5) is 5.82 Å². The number of hydrogen-bond acceptors (Lipinski definition) is 6. The van der Waals surface area contributed by atoms with E-state index < -0.39 is 0 Å². The number of aromatic nitrogens is 3. The van der Waals surface area contributed by atoms with Gasteiger partial charge in [-0.05, 0) is 29.8 Å². The van der Waals surface area contributed by atoms with Gasteiger partial charge in [0.2, 0.25) is 6.79 Å². The van der Waals surface area contributed by atoms with Crippen LogP contribution in [0.1, 0.15) is 5.56 Å². The van der Waals surface area contributed by atoms with Gasteiger partial charge in [0.1, 0.15) is 5.82 Å². The fourth-order valence-electron chi connectivity index (χ4n) is 2.33. The van der Waals surface area contributed by atoms with Crippen molar-refractivity contribution in [3.8, 4) is 22.8 Å². The van der Waals surface area contributed by atoms with Gasteiger partial charge in [-0.25, -0.2) is 4.98 Å². The van der Waals surface area contributed by atoms with E-state index in [1.54, 1.807) is 24.8 Å². The molecule has 2 aromatic heterocycles. The molecule has 114 valence electrons. The van der Waals surface area contributed by atoms with Gasteiger partial charge in [0, 0.05) is 24.5 Å². The maximum atomic E-state index is 5.37. The van der Waals surface area contributed by atoms with Crippen molar-refractivity contribution in [3.63, 3.8) is 0 Å². The van der Waals surface area contributed by atoms with Crippen molar-refractivity contribution in [3.05, 3.63) is 60.7 Å². The summed E-state index contributed by atoms with van der Waals surface area (Å²) in [6, 6.07) is 9.69. The lowest BCUT2D eigenvalue weighted by Gasteiger charge is -2.07. The molecular weight excluding hydrogens is 292 g/mol. The lowest BCUT2D eigenvalue weighted by molar-refractivity contribution is 0.174. The first kappa shape index (κ1) is 13.5. The molecule has 0 saturated heterocycles. The van der Waals surface area contributed by atoms with E-state index in [-0.39, 0.29) is 6.79 Å². The second-order valence-electron chi connectivity index (χ2n) is 5.06. The highest BCUT2D eigenvalue weighted by molar-refractivity contribution is 5.57. The van der Waals surface area contributed by atoms with E-state index in [4.69, 9.17) is 9.47 Å².